The summed E-state index contributed by atoms with van der Waals surface area (Å²) in [5.74, 6) is -0.618. The van der Waals surface area contributed by atoms with E-state index in [9.17, 15) is 43.2 Å². The van der Waals surface area contributed by atoms with Gasteiger partial charge in [0.25, 0.3) is 0 Å². The van der Waals surface area contributed by atoms with Crippen LogP contribution < -0.4 is 0 Å². The molecule has 0 aromatic rings. The maximum atomic E-state index is 13.1. The van der Waals surface area contributed by atoms with Gasteiger partial charge in [-0.3, -0.25) is 37.3 Å². The summed E-state index contributed by atoms with van der Waals surface area (Å²) >= 11 is 0. The number of hydrogen-bond acceptors (Lipinski definition) is 15. The van der Waals surface area contributed by atoms with Crippen LogP contribution in [-0.4, -0.2) is 96.7 Å². The first kappa shape index (κ1) is 89.1. The normalized spacial score (nSPS) is 14.4. The number of aliphatic hydroxyl groups excluding tert-OH is 1. The van der Waals surface area contributed by atoms with Crippen LogP contribution in [0.15, 0.2) is 0 Å². The van der Waals surface area contributed by atoms with Crippen molar-refractivity contribution in [2.45, 2.75) is 387 Å². The smallest absolute Gasteiger partial charge is 0.462 e. The Morgan fingerprint density at radius 1 is 0.319 bits per heavy atom. The lowest BCUT2D eigenvalue weighted by Gasteiger charge is -2.21. The van der Waals surface area contributed by atoms with Crippen LogP contribution >= 0.6 is 15.6 Å². The van der Waals surface area contributed by atoms with Crippen molar-refractivity contribution < 1.29 is 80.2 Å². The molecule has 19 heteroatoms. The Bertz CT molecular complexity index is 1770. The second kappa shape index (κ2) is 64.1. The molecule has 0 aliphatic carbocycles. The minimum atomic E-state index is -4.95. The van der Waals surface area contributed by atoms with Crippen LogP contribution in [0.2, 0.25) is 0 Å². The third-order valence-corrected chi connectivity index (χ3v) is 19.0. The van der Waals surface area contributed by atoms with Gasteiger partial charge in [-0.1, -0.05) is 318 Å². The second-order valence-corrected chi connectivity index (χ2v) is 29.6. The number of hydrogen-bond donors (Lipinski definition) is 3. The van der Waals surface area contributed by atoms with E-state index in [-0.39, 0.29) is 25.7 Å². The second-order valence-electron chi connectivity index (χ2n) is 26.7. The number of phosphoric ester groups is 2. The predicted octanol–water partition coefficient (Wildman–Crippen LogP) is 20.8. The summed E-state index contributed by atoms with van der Waals surface area (Å²) in [4.78, 5) is 72.3. The Hall–Kier alpha value is -1.94. The van der Waals surface area contributed by atoms with Gasteiger partial charge in [0.1, 0.15) is 19.3 Å². The van der Waals surface area contributed by atoms with Crippen LogP contribution in [0, 0.1) is 11.8 Å². The van der Waals surface area contributed by atoms with Gasteiger partial charge in [0, 0.05) is 25.7 Å². The Morgan fingerprint density at radius 2 is 0.560 bits per heavy atom. The molecule has 17 nitrogen and oxygen atoms in total. The van der Waals surface area contributed by atoms with E-state index >= 15 is 0 Å². The van der Waals surface area contributed by atoms with Crippen molar-refractivity contribution in [2.75, 3.05) is 39.6 Å². The van der Waals surface area contributed by atoms with Gasteiger partial charge in [0.05, 0.1) is 26.4 Å². The minimum absolute atomic E-state index is 0.101. The first-order valence-corrected chi connectivity index (χ1v) is 40.5. The van der Waals surface area contributed by atoms with Gasteiger partial charge in [-0.05, 0) is 37.5 Å². The van der Waals surface area contributed by atoms with Gasteiger partial charge < -0.3 is 33.8 Å². The molecule has 0 heterocycles. The highest BCUT2D eigenvalue weighted by atomic mass is 31.2. The molecule has 0 aliphatic heterocycles. The van der Waals surface area contributed by atoms with Gasteiger partial charge >= 0.3 is 39.5 Å². The predicted molar refractivity (Wildman–Crippen MR) is 368 cm³/mol. The molecule has 0 rings (SSSR count). The number of carbonyl (C=O) groups excluding carboxylic acids is 4. The van der Waals surface area contributed by atoms with Crippen LogP contribution in [0.25, 0.3) is 0 Å². The lowest BCUT2D eigenvalue weighted by Crippen LogP contribution is -2.30. The van der Waals surface area contributed by atoms with Gasteiger partial charge in [-0.25, -0.2) is 9.13 Å². The molecule has 0 radical (unpaired) electrons. The van der Waals surface area contributed by atoms with Crippen molar-refractivity contribution >= 4 is 39.5 Å². The first-order valence-electron chi connectivity index (χ1n) is 37.5. The zero-order chi connectivity index (χ0) is 67.2. The van der Waals surface area contributed by atoms with E-state index < -0.39 is 97.5 Å². The number of ether oxygens (including phenoxy) is 4. The Kier molecular flexibility index (Phi) is 62.7. The van der Waals surface area contributed by atoms with E-state index in [0.29, 0.717) is 31.6 Å². The Balaban J connectivity index is 5.12. The maximum Gasteiger partial charge on any atom is 0.472 e. The van der Waals surface area contributed by atoms with Crippen LogP contribution in [0.3, 0.4) is 0 Å². The van der Waals surface area contributed by atoms with Crippen molar-refractivity contribution in [3.05, 3.63) is 0 Å². The fourth-order valence-corrected chi connectivity index (χ4v) is 12.5. The van der Waals surface area contributed by atoms with Crippen molar-refractivity contribution in [3.63, 3.8) is 0 Å². The molecule has 91 heavy (non-hydrogen) atoms. The van der Waals surface area contributed by atoms with Crippen molar-refractivity contribution in [3.8, 4) is 0 Å². The van der Waals surface area contributed by atoms with E-state index in [4.69, 9.17) is 37.0 Å². The molecule has 0 saturated heterocycles. The zero-order valence-corrected chi connectivity index (χ0v) is 60.9. The quantitative estimate of drug-likeness (QED) is 0.0222. The number of carbonyl (C=O) groups is 4. The van der Waals surface area contributed by atoms with Gasteiger partial charge in [-0.15, -0.1) is 0 Å². The number of esters is 4. The summed E-state index contributed by atoms with van der Waals surface area (Å²) in [7, 11) is -9.89. The van der Waals surface area contributed by atoms with Crippen molar-refractivity contribution in [1.29, 1.82) is 0 Å². The molecule has 0 aromatic heterocycles. The Morgan fingerprint density at radius 3 is 0.835 bits per heavy atom. The molecule has 540 valence electrons. The molecule has 0 fully saturated rings. The number of aliphatic hydroxyl groups is 1. The molecule has 3 N–H and O–H groups in total. The minimum Gasteiger partial charge on any atom is -0.462 e. The highest BCUT2D eigenvalue weighted by molar-refractivity contribution is 7.47. The van der Waals surface area contributed by atoms with E-state index in [1.165, 1.54) is 180 Å². The number of rotatable bonds is 71. The van der Waals surface area contributed by atoms with E-state index in [1.807, 2.05) is 0 Å². The fourth-order valence-electron chi connectivity index (χ4n) is 10.9. The fraction of sp³-hybridized carbons (Fsp3) is 0.944. The number of phosphoric acid groups is 2. The first-order chi connectivity index (χ1) is 43.9. The average Bonchev–Trinajstić information content (AvgIpc) is 3.41. The molecule has 0 aromatic carbocycles. The van der Waals surface area contributed by atoms with Gasteiger partial charge in [-0.2, -0.15) is 0 Å². The molecular weight excluding hydrogens is 1200 g/mol. The topological polar surface area (TPSA) is 237 Å². The molecule has 0 bridgehead atoms. The molecular formula is C72H140O17P2. The summed E-state index contributed by atoms with van der Waals surface area (Å²) in [5, 5.41) is 10.6. The van der Waals surface area contributed by atoms with E-state index in [1.54, 1.807) is 0 Å². The standard InChI is InChI=1S/C72H140O17P2/c1-7-10-12-14-15-16-17-18-19-20-21-22-23-28-31-34-37-44-50-56-71(76)88-68(61-83-70(75)55-49-43-36-33-30-27-25-24-26-29-32-35-42-47-53-65(6)9-3)63-87-91(80,81)85-59-66(73)58-84-90(78,79)86-62-67(60-82-69(74)54-48-40-13-11-8-2)89-72(77)57-51-45-39-38-41-46-52-64(4)5/h64-68,73H,7-63H2,1-6H3,(H,78,79)(H,80,81)/t65?,66-,67+,68+/m0/s1. The summed E-state index contributed by atoms with van der Waals surface area (Å²) in [6.45, 7) is 9.43. The third-order valence-electron chi connectivity index (χ3n) is 17.1. The molecule has 0 saturated carbocycles. The number of unbranched alkanes of at least 4 members (excludes halogenated alkanes) is 40. The lowest BCUT2D eigenvalue weighted by molar-refractivity contribution is -0.161. The van der Waals surface area contributed by atoms with Crippen LogP contribution in [0.1, 0.15) is 369 Å². The van der Waals surface area contributed by atoms with Gasteiger partial charge in [0.15, 0.2) is 12.2 Å². The lowest BCUT2D eigenvalue weighted by atomic mass is 9.99. The molecule has 0 spiro atoms. The Labute approximate surface area is 556 Å². The molecule has 3 unspecified atom stereocenters. The highest BCUT2D eigenvalue weighted by Gasteiger charge is 2.30. The maximum absolute atomic E-state index is 13.1. The van der Waals surface area contributed by atoms with Crippen molar-refractivity contribution in [1.82, 2.24) is 0 Å². The van der Waals surface area contributed by atoms with Crippen LogP contribution in [0.4, 0.5) is 0 Å². The highest BCUT2D eigenvalue weighted by Crippen LogP contribution is 2.45. The third kappa shape index (κ3) is 65.1. The van der Waals surface area contributed by atoms with E-state index in [2.05, 4.69) is 41.5 Å². The summed E-state index contributed by atoms with van der Waals surface area (Å²) < 4.78 is 68.1. The van der Waals surface area contributed by atoms with Crippen LogP contribution in [0.5, 0.6) is 0 Å². The molecule has 0 amide bonds. The molecule has 6 atom stereocenters. The largest absolute Gasteiger partial charge is 0.472 e. The van der Waals surface area contributed by atoms with Gasteiger partial charge in [0.2, 0.25) is 0 Å². The van der Waals surface area contributed by atoms with Crippen LogP contribution in [-0.2, 0) is 65.4 Å². The van der Waals surface area contributed by atoms with E-state index in [0.717, 1.165) is 102 Å². The van der Waals surface area contributed by atoms with Crippen molar-refractivity contribution in [2.24, 2.45) is 11.8 Å². The zero-order valence-electron chi connectivity index (χ0n) is 59.1. The summed E-state index contributed by atoms with van der Waals surface area (Å²) in [5.41, 5.74) is 0. The monoisotopic (exact) mass is 1340 g/mol. The summed E-state index contributed by atoms with van der Waals surface area (Å²) in [6.07, 6.45) is 50.6. The summed E-state index contributed by atoms with van der Waals surface area (Å²) in [6, 6.07) is 0. The molecule has 0 aliphatic rings. The average molecular weight is 1340 g/mol. The SMILES string of the molecule is CCCCCCCCCCCCCCCCCCCCCC(=O)O[C@H](COC(=O)CCCCCCCCCCCCCCCCC(C)CC)COP(=O)(O)OC[C@@H](O)COP(=O)(O)OC[C@@H](COC(=O)CCCCCCC)OC(=O)CCCCCCCCC(C)C.